The molecule has 1 aromatic heterocycles. The summed E-state index contributed by atoms with van der Waals surface area (Å²) >= 11 is 0. The summed E-state index contributed by atoms with van der Waals surface area (Å²) in [6, 6.07) is 15.2. The lowest BCUT2D eigenvalue weighted by Crippen LogP contribution is -2.42. The molecule has 2 aliphatic rings. The molecule has 0 atom stereocenters. The summed E-state index contributed by atoms with van der Waals surface area (Å²) in [5.41, 5.74) is 3.81. The lowest BCUT2D eigenvalue weighted by molar-refractivity contribution is 0.122. The van der Waals surface area contributed by atoms with Crippen LogP contribution in [-0.4, -0.2) is 68.0 Å². The van der Waals surface area contributed by atoms with E-state index in [1.54, 1.807) is 14.2 Å². The predicted octanol–water partition coefficient (Wildman–Crippen LogP) is 3.51. The Labute approximate surface area is 211 Å². The summed E-state index contributed by atoms with van der Waals surface area (Å²) in [7, 11) is 3.28. The third kappa shape index (κ3) is 5.36. The fourth-order valence-electron chi connectivity index (χ4n) is 4.60. The number of amides is 2. The van der Waals surface area contributed by atoms with E-state index in [-0.39, 0.29) is 6.03 Å². The van der Waals surface area contributed by atoms with Crippen LogP contribution in [0, 0.1) is 0 Å². The fraction of sp³-hybridized carbons (Fsp3) is 0.370. The van der Waals surface area contributed by atoms with E-state index in [4.69, 9.17) is 24.2 Å². The van der Waals surface area contributed by atoms with E-state index in [1.165, 1.54) is 0 Å². The van der Waals surface area contributed by atoms with Gasteiger partial charge in [-0.05, 0) is 29.8 Å². The molecule has 3 aromatic rings. The first kappa shape index (κ1) is 23.9. The SMILES string of the molecule is COc1cccc(Cc2nc3c(c(N4CCOCC4)n2)CN(C(=O)Nc2cccc(OC)c2)CC3)c1. The van der Waals surface area contributed by atoms with Crippen LogP contribution in [0.4, 0.5) is 16.3 Å². The molecule has 0 unspecified atom stereocenters. The lowest BCUT2D eigenvalue weighted by atomic mass is 10.0. The van der Waals surface area contributed by atoms with Crippen LogP contribution < -0.4 is 19.7 Å². The standard InChI is InChI=1S/C27H31N5O4/c1-34-21-7-3-5-19(15-21)16-25-29-24-9-10-32(27(33)28-20-6-4-8-22(17-20)35-2)18-23(24)26(30-25)31-11-13-36-14-12-31/h3-8,15,17H,9-14,16,18H2,1-2H3,(H,28,33). The maximum atomic E-state index is 13.1. The van der Waals surface area contributed by atoms with Crippen molar-refractivity contribution in [3.05, 3.63) is 71.2 Å². The number of fused-ring (bicyclic) bond motifs is 1. The molecule has 36 heavy (non-hydrogen) atoms. The van der Waals surface area contributed by atoms with Crippen LogP contribution in [0.1, 0.15) is 22.6 Å². The Balaban J connectivity index is 1.40. The molecule has 5 rings (SSSR count). The third-order valence-electron chi connectivity index (χ3n) is 6.50. The number of nitrogens with one attached hydrogen (secondary N) is 1. The summed E-state index contributed by atoms with van der Waals surface area (Å²) in [4.78, 5) is 27.1. The van der Waals surface area contributed by atoms with Crippen molar-refractivity contribution in [2.75, 3.05) is 57.3 Å². The second kappa shape index (κ2) is 10.8. The zero-order valence-electron chi connectivity index (χ0n) is 20.7. The van der Waals surface area contributed by atoms with Crippen molar-refractivity contribution in [1.29, 1.82) is 0 Å². The molecule has 2 amide bonds. The predicted molar refractivity (Wildman–Crippen MR) is 137 cm³/mol. The van der Waals surface area contributed by atoms with Gasteiger partial charge in [-0.25, -0.2) is 14.8 Å². The maximum Gasteiger partial charge on any atom is 0.322 e. The molecule has 188 valence electrons. The smallest absolute Gasteiger partial charge is 0.322 e. The molecule has 1 saturated heterocycles. The highest BCUT2D eigenvalue weighted by atomic mass is 16.5. The van der Waals surface area contributed by atoms with Crippen molar-refractivity contribution in [2.45, 2.75) is 19.4 Å². The minimum atomic E-state index is -0.151. The lowest BCUT2D eigenvalue weighted by Gasteiger charge is -2.34. The summed E-state index contributed by atoms with van der Waals surface area (Å²) in [5, 5.41) is 2.99. The molecular formula is C27H31N5O4. The summed E-state index contributed by atoms with van der Waals surface area (Å²) in [6.07, 6.45) is 1.29. The molecule has 0 bridgehead atoms. The number of morpholine rings is 1. The highest BCUT2D eigenvalue weighted by Gasteiger charge is 2.28. The van der Waals surface area contributed by atoms with Crippen LogP contribution in [0.2, 0.25) is 0 Å². The van der Waals surface area contributed by atoms with Gasteiger partial charge in [-0.1, -0.05) is 18.2 Å². The van der Waals surface area contributed by atoms with Crippen LogP contribution in [-0.2, 0) is 24.1 Å². The number of aromatic nitrogens is 2. The minimum Gasteiger partial charge on any atom is -0.497 e. The first-order valence-electron chi connectivity index (χ1n) is 12.2. The van der Waals surface area contributed by atoms with Crippen molar-refractivity contribution in [3.63, 3.8) is 0 Å². The molecule has 0 aliphatic carbocycles. The number of benzene rings is 2. The number of carbonyl (C=O) groups excluding carboxylic acids is 1. The number of nitrogens with zero attached hydrogens (tertiary/aromatic N) is 4. The normalized spacial score (nSPS) is 15.3. The Hall–Kier alpha value is -3.85. The van der Waals surface area contributed by atoms with E-state index in [2.05, 4.69) is 16.3 Å². The van der Waals surface area contributed by atoms with Gasteiger partial charge >= 0.3 is 6.03 Å². The van der Waals surface area contributed by atoms with Gasteiger partial charge in [0.1, 0.15) is 23.1 Å². The molecule has 0 spiro atoms. The van der Waals surface area contributed by atoms with Crippen molar-refractivity contribution in [1.82, 2.24) is 14.9 Å². The largest absolute Gasteiger partial charge is 0.497 e. The second-order valence-electron chi connectivity index (χ2n) is 8.85. The topological polar surface area (TPSA) is 89.1 Å². The molecule has 9 nitrogen and oxygen atoms in total. The van der Waals surface area contributed by atoms with E-state index < -0.39 is 0 Å². The Morgan fingerprint density at radius 2 is 1.75 bits per heavy atom. The Bertz CT molecular complexity index is 1230. The maximum absolute atomic E-state index is 13.1. The first-order chi connectivity index (χ1) is 17.6. The number of hydrogen-bond donors (Lipinski definition) is 1. The average Bonchev–Trinajstić information content (AvgIpc) is 2.93. The van der Waals surface area contributed by atoms with Crippen molar-refractivity contribution in [3.8, 4) is 11.5 Å². The number of anilines is 2. The van der Waals surface area contributed by atoms with Crippen molar-refractivity contribution < 1.29 is 19.0 Å². The average molecular weight is 490 g/mol. The Morgan fingerprint density at radius 3 is 2.53 bits per heavy atom. The van der Waals surface area contributed by atoms with Crippen LogP contribution in [0.5, 0.6) is 11.5 Å². The minimum absolute atomic E-state index is 0.151. The Kier molecular flexibility index (Phi) is 7.18. The molecule has 2 aliphatic heterocycles. The van der Waals surface area contributed by atoms with E-state index in [0.717, 1.165) is 47.3 Å². The molecular weight excluding hydrogens is 458 g/mol. The number of carbonyl (C=O) groups is 1. The van der Waals surface area contributed by atoms with Gasteiger partial charge < -0.3 is 29.3 Å². The van der Waals surface area contributed by atoms with E-state index in [1.807, 2.05) is 47.4 Å². The van der Waals surface area contributed by atoms with Crippen LogP contribution in [0.3, 0.4) is 0 Å². The first-order valence-corrected chi connectivity index (χ1v) is 12.2. The van der Waals surface area contributed by atoms with Crippen LogP contribution in [0.25, 0.3) is 0 Å². The van der Waals surface area contributed by atoms with Crippen molar-refractivity contribution in [2.24, 2.45) is 0 Å². The number of ether oxygens (including phenoxy) is 3. The summed E-state index contributed by atoms with van der Waals surface area (Å²) in [5.74, 6) is 3.19. The highest BCUT2D eigenvalue weighted by molar-refractivity contribution is 5.89. The number of hydrogen-bond acceptors (Lipinski definition) is 7. The van der Waals surface area contributed by atoms with Crippen LogP contribution in [0.15, 0.2) is 48.5 Å². The van der Waals surface area contributed by atoms with E-state index in [0.29, 0.717) is 50.6 Å². The third-order valence-corrected chi connectivity index (χ3v) is 6.50. The monoisotopic (exact) mass is 489 g/mol. The van der Waals surface area contributed by atoms with E-state index >= 15 is 0 Å². The molecule has 0 saturated carbocycles. The molecule has 0 radical (unpaired) electrons. The second-order valence-corrected chi connectivity index (χ2v) is 8.85. The molecule has 9 heteroatoms. The Morgan fingerprint density at radius 1 is 1.00 bits per heavy atom. The van der Waals surface area contributed by atoms with Gasteiger partial charge in [0, 0.05) is 49.8 Å². The molecule has 1 fully saturated rings. The quantitative estimate of drug-likeness (QED) is 0.567. The van der Waals surface area contributed by atoms with Crippen LogP contribution >= 0.6 is 0 Å². The van der Waals surface area contributed by atoms with E-state index in [9.17, 15) is 4.79 Å². The summed E-state index contributed by atoms with van der Waals surface area (Å²) < 4.78 is 16.2. The van der Waals surface area contributed by atoms with Gasteiger partial charge in [-0.2, -0.15) is 0 Å². The van der Waals surface area contributed by atoms with Crippen molar-refractivity contribution >= 4 is 17.5 Å². The molecule has 2 aromatic carbocycles. The zero-order chi connectivity index (χ0) is 24.9. The number of urea groups is 1. The van der Waals surface area contributed by atoms with Gasteiger partial charge in [0.2, 0.25) is 0 Å². The van der Waals surface area contributed by atoms with Gasteiger partial charge in [0.25, 0.3) is 0 Å². The van der Waals surface area contributed by atoms with Gasteiger partial charge in [-0.15, -0.1) is 0 Å². The number of rotatable bonds is 6. The van der Waals surface area contributed by atoms with Gasteiger partial charge in [0.15, 0.2) is 0 Å². The van der Waals surface area contributed by atoms with Gasteiger partial charge in [0.05, 0.1) is 39.7 Å². The number of methoxy groups -OCH3 is 2. The van der Waals surface area contributed by atoms with Gasteiger partial charge in [-0.3, -0.25) is 0 Å². The highest BCUT2D eigenvalue weighted by Crippen LogP contribution is 2.29. The summed E-state index contributed by atoms with van der Waals surface area (Å²) in [6.45, 7) is 3.88. The fourth-order valence-corrected chi connectivity index (χ4v) is 4.60. The zero-order valence-corrected chi connectivity index (χ0v) is 20.7. The molecule has 1 N–H and O–H groups in total. The molecule has 3 heterocycles.